The van der Waals surface area contributed by atoms with Gasteiger partial charge >= 0.3 is 6.09 Å². The molecule has 1 aromatic rings. The summed E-state index contributed by atoms with van der Waals surface area (Å²) in [4.78, 5) is 25.3. The lowest BCUT2D eigenvalue weighted by Crippen LogP contribution is -2.41. The fraction of sp³-hybridized carbons (Fsp3) is 0.615. The van der Waals surface area contributed by atoms with Crippen LogP contribution in [0.25, 0.3) is 0 Å². The first kappa shape index (κ1) is 15.3. The minimum Gasteiger partial charge on any atom is -0.444 e. The van der Waals surface area contributed by atoms with Crippen LogP contribution in [-0.4, -0.2) is 44.7 Å². The molecule has 1 saturated heterocycles. The topological polar surface area (TPSA) is 64.4 Å². The lowest BCUT2D eigenvalue weighted by Gasteiger charge is -2.27. The molecule has 0 N–H and O–H groups in total. The standard InChI is InChI=1S/C13H18IN3O3/c1-13(2,3)20-12(19)17-8-11(18)4-10(17)7-16-6-9(14)5-15-16/h5-6,10H,4,7-8H2,1-3H3/t10-/m0/s1. The third-order valence-electron chi connectivity index (χ3n) is 2.88. The van der Waals surface area contributed by atoms with E-state index in [0.29, 0.717) is 13.0 Å². The maximum Gasteiger partial charge on any atom is 0.411 e. The summed E-state index contributed by atoms with van der Waals surface area (Å²) in [5, 5.41) is 4.19. The number of ketones is 1. The average Bonchev–Trinajstić information content (AvgIpc) is 2.83. The second-order valence-corrected chi connectivity index (χ2v) is 7.13. The highest BCUT2D eigenvalue weighted by Gasteiger charge is 2.36. The number of rotatable bonds is 2. The molecule has 1 atom stereocenters. The Morgan fingerprint density at radius 1 is 1.55 bits per heavy atom. The quantitative estimate of drug-likeness (QED) is 0.725. The zero-order valence-electron chi connectivity index (χ0n) is 11.8. The number of amides is 1. The van der Waals surface area contributed by atoms with Gasteiger partial charge < -0.3 is 4.74 Å². The fourth-order valence-electron chi connectivity index (χ4n) is 2.11. The van der Waals surface area contributed by atoms with E-state index >= 15 is 0 Å². The first-order valence-electron chi connectivity index (χ1n) is 6.44. The van der Waals surface area contributed by atoms with E-state index in [1.165, 1.54) is 4.90 Å². The minimum atomic E-state index is -0.561. The predicted molar refractivity (Wildman–Crippen MR) is 81.3 cm³/mol. The highest BCUT2D eigenvalue weighted by molar-refractivity contribution is 14.1. The Bertz CT molecular complexity index is 521. The van der Waals surface area contributed by atoms with Crippen molar-refractivity contribution in [2.24, 2.45) is 0 Å². The third kappa shape index (κ3) is 3.94. The van der Waals surface area contributed by atoms with E-state index in [1.54, 1.807) is 10.9 Å². The molecule has 1 aromatic heterocycles. The fourth-order valence-corrected chi connectivity index (χ4v) is 2.55. The SMILES string of the molecule is CC(C)(C)OC(=O)N1CC(=O)C[C@H]1Cn1cc(I)cn1. The molecule has 0 radical (unpaired) electrons. The number of Topliss-reactive ketones (excluding diaryl/α,β-unsaturated/α-hetero) is 1. The zero-order chi connectivity index (χ0) is 14.9. The first-order chi connectivity index (χ1) is 9.24. The lowest BCUT2D eigenvalue weighted by molar-refractivity contribution is -0.117. The molecule has 110 valence electrons. The Morgan fingerprint density at radius 3 is 2.80 bits per heavy atom. The van der Waals surface area contributed by atoms with Gasteiger partial charge in [0.15, 0.2) is 5.78 Å². The van der Waals surface area contributed by atoms with E-state index < -0.39 is 11.7 Å². The maximum atomic E-state index is 12.1. The van der Waals surface area contributed by atoms with Crippen LogP contribution in [0.4, 0.5) is 4.79 Å². The molecule has 0 spiro atoms. The van der Waals surface area contributed by atoms with Crippen LogP contribution in [-0.2, 0) is 16.1 Å². The summed E-state index contributed by atoms with van der Waals surface area (Å²) in [6.07, 6.45) is 3.55. The minimum absolute atomic E-state index is 0.0581. The van der Waals surface area contributed by atoms with Crippen LogP contribution in [0.1, 0.15) is 27.2 Å². The molecule has 2 heterocycles. The smallest absolute Gasteiger partial charge is 0.411 e. The average molecular weight is 391 g/mol. The highest BCUT2D eigenvalue weighted by atomic mass is 127. The number of nitrogens with zero attached hydrogens (tertiary/aromatic N) is 3. The summed E-state index contributed by atoms with van der Waals surface area (Å²) in [5.74, 6) is 0.0581. The van der Waals surface area contributed by atoms with Crippen molar-refractivity contribution in [1.29, 1.82) is 0 Å². The normalized spacial score (nSPS) is 19.5. The molecule has 0 bridgehead atoms. The molecule has 1 amide bonds. The molecule has 6 nitrogen and oxygen atoms in total. The number of hydrogen-bond donors (Lipinski definition) is 0. The number of likely N-dealkylation sites (tertiary alicyclic amines) is 1. The monoisotopic (exact) mass is 391 g/mol. The molecule has 2 rings (SSSR count). The van der Waals surface area contributed by atoms with Crippen LogP contribution in [0.2, 0.25) is 0 Å². The summed E-state index contributed by atoms with van der Waals surface area (Å²) in [5.41, 5.74) is -0.561. The van der Waals surface area contributed by atoms with Gasteiger partial charge in [0.25, 0.3) is 0 Å². The summed E-state index contributed by atoms with van der Waals surface area (Å²) >= 11 is 2.17. The van der Waals surface area contributed by atoms with Gasteiger partial charge in [0.05, 0.1) is 28.9 Å². The van der Waals surface area contributed by atoms with E-state index in [2.05, 4.69) is 27.7 Å². The number of carbonyl (C=O) groups is 2. The van der Waals surface area contributed by atoms with Gasteiger partial charge in [0.1, 0.15) is 5.60 Å². The summed E-state index contributed by atoms with van der Waals surface area (Å²) in [7, 11) is 0. The van der Waals surface area contributed by atoms with Gasteiger partial charge in [-0.25, -0.2) is 4.79 Å². The molecule has 0 aliphatic carbocycles. The van der Waals surface area contributed by atoms with Crippen LogP contribution in [0, 0.1) is 3.57 Å². The molecule has 7 heteroatoms. The van der Waals surface area contributed by atoms with E-state index in [1.807, 2.05) is 27.0 Å². The summed E-state index contributed by atoms with van der Waals surface area (Å²) in [6, 6.07) is -0.187. The lowest BCUT2D eigenvalue weighted by atomic mass is 10.2. The largest absolute Gasteiger partial charge is 0.444 e. The number of halogens is 1. The molecule has 20 heavy (non-hydrogen) atoms. The van der Waals surface area contributed by atoms with Crippen LogP contribution in [0.5, 0.6) is 0 Å². The van der Waals surface area contributed by atoms with Gasteiger partial charge in [0, 0.05) is 12.6 Å². The van der Waals surface area contributed by atoms with Crippen molar-refractivity contribution in [2.45, 2.75) is 45.4 Å². The molecule has 1 aliphatic rings. The number of aromatic nitrogens is 2. The van der Waals surface area contributed by atoms with Gasteiger partial charge in [-0.2, -0.15) is 5.10 Å². The van der Waals surface area contributed by atoms with E-state index in [-0.39, 0.29) is 18.4 Å². The van der Waals surface area contributed by atoms with Gasteiger partial charge in [-0.15, -0.1) is 0 Å². The third-order valence-corrected chi connectivity index (χ3v) is 3.44. The molecule has 0 aromatic carbocycles. The molecular weight excluding hydrogens is 373 g/mol. The van der Waals surface area contributed by atoms with Gasteiger partial charge in [-0.3, -0.25) is 14.4 Å². The van der Waals surface area contributed by atoms with E-state index in [0.717, 1.165) is 3.57 Å². The summed E-state index contributed by atoms with van der Waals surface area (Å²) < 4.78 is 8.12. The maximum absolute atomic E-state index is 12.1. The van der Waals surface area contributed by atoms with Crippen molar-refractivity contribution in [3.63, 3.8) is 0 Å². The van der Waals surface area contributed by atoms with Gasteiger partial charge in [-0.1, -0.05) is 0 Å². The Morgan fingerprint density at radius 2 is 2.25 bits per heavy atom. The molecular formula is C13H18IN3O3. The van der Waals surface area contributed by atoms with Crippen molar-refractivity contribution >= 4 is 34.5 Å². The molecule has 0 unspecified atom stereocenters. The number of hydrogen-bond acceptors (Lipinski definition) is 4. The van der Waals surface area contributed by atoms with Crippen LogP contribution in [0.3, 0.4) is 0 Å². The molecule has 1 fully saturated rings. The summed E-state index contributed by atoms with van der Waals surface area (Å²) in [6.45, 7) is 6.07. The van der Waals surface area contributed by atoms with E-state index in [9.17, 15) is 9.59 Å². The van der Waals surface area contributed by atoms with Crippen LogP contribution < -0.4 is 0 Å². The van der Waals surface area contributed by atoms with Crippen molar-refractivity contribution < 1.29 is 14.3 Å². The number of carbonyl (C=O) groups excluding carboxylic acids is 2. The van der Waals surface area contributed by atoms with Crippen LogP contribution >= 0.6 is 22.6 Å². The van der Waals surface area contributed by atoms with Crippen molar-refractivity contribution in [1.82, 2.24) is 14.7 Å². The Hall–Kier alpha value is -1.12. The second-order valence-electron chi connectivity index (χ2n) is 5.89. The Balaban J connectivity index is 2.06. The highest BCUT2D eigenvalue weighted by Crippen LogP contribution is 2.20. The van der Waals surface area contributed by atoms with Gasteiger partial charge in [0.2, 0.25) is 0 Å². The van der Waals surface area contributed by atoms with Crippen LogP contribution in [0.15, 0.2) is 12.4 Å². The Kier molecular flexibility index (Phi) is 4.36. The Labute approximate surface area is 131 Å². The predicted octanol–water partition coefficient (Wildman–Crippen LogP) is 2.07. The first-order valence-corrected chi connectivity index (χ1v) is 7.52. The van der Waals surface area contributed by atoms with Crippen molar-refractivity contribution in [3.8, 4) is 0 Å². The van der Waals surface area contributed by atoms with Gasteiger partial charge in [-0.05, 0) is 43.4 Å². The second kappa shape index (κ2) is 5.71. The van der Waals surface area contributed by atoms with Crippen molar-refractivity contribution in [2.75, 3.05) is 6.54 Å². The molecule has 0 saturated carbocycles. The zero-order valence-corrected chi connectivity index (χ0v) is 14.0. The van der Waals surface area contributed by atoms with E-state index in [4.69, 9.17) is 4.74 Å². The number of ether oxygens (including phenoxy) is 1. The van der Waals surface area contributed by atoms with Crippen molar-refractivity contribution in [3.05, 3.63) is 16.0 Å². The molecule has 1 aliphatic heterocycles.